The molecule has 0 saturated heterocycles. The molecule has 2 heterocycles. The van der Waals surface area contributed by atoms with E-state index < -0.39 is 11.3 Å². The normalized spacial score (nSPS) is 14.3. The van der Waals surface area contributed by atoms with E-state index in [0.29, 0.717) is 44.2 Å². The van der Waals surface area contributed by atoms with Crippen molar-refractivity contribution in [1.82, 2.24) is 14.9 Å². The Balaban J connectivity index is 1.82. The average Bonchev–Trinajstić information content (AvgIpc) is 2.58. The van der Waals surface area contributed by atoms with Gasteiger partial charge in [-0.25, -0.2) is 9.37 Å². The van der Waals surface area contributed by atoms with E-state index in [1.807, 2.05) is 0 Å². The van der Waals surface area contributed by atoms with Crippen LogP contribution in [0, 0.1) is 5.82 Å². The predicted molar refractivity (Wildman–Crippen MR) is 91.6 cm³/mol. The molecule has 0 fully saturated rings. The molecule has 0 bridgehead atoms. The minimum Gasteiger partial charge on any atom is -0.501 e. The summed E-state index contributed by atoms with van der Waals surface area (Å²) in [5.74, 6) is -0.118. The van der Waals surface area contributed by atoms with E-state index in [-0.39, 0.29) is 11.5 Å². The molecule has 132 valence electrons. The van der Waals surface area contributed by atoms with E-state index in [0.717, 1.165) is 12.0 Å². The van der Waals surface area contributed by atoms with Crippen molar-refractivity contribution >= 4 is 5.70 Å². The zero-order valence-corrected chi connectivity index (χ0v) is 13.8. The number of halogens is 1. The van der Waals surface area contributed by atoms with E-state index in [4.69, 9.17) is 4.74 Å². The van der Waals surface area contributed by atoms with Crippen LogP contribution in [0.5, 0.6) is 5.75 Å². The van der Waals surface area contributed by atoms with Crippen LogP contribution in [0.25, 0.3) is 5.70 Å². The van der Waals surface area contributed by atoms with E-state index in [1.165, 1.54) is 16.7 Å². The summed E-state index contributed by atoms with van der Waals surface area (Å²) in [5.41, 5.74) is 0.859. The number of aryl methyl sites for hydroxylation is 1. The molecule has 0 radical (unpaired) electrons. The Labute approximate surface area is 144 Å². The number of nitrogens with zero attached hydrogens (tertiary/aromatic N) is 2. The highest BCUT2D eigenvalue weighted by Gasteiger charge is 2.18. The van der Waals surface area contributed by atoms with Gasteiger partial charge in [0.25, 0.3) is 5.56 Å². The van der Waals surface area contributed by atoms with Gasteiger partial charge in [-0.15, -0.1) is 0 Å². The van der Waals surface area contributed by atoms with Crippen LogP contribution in [0.3, 0.4) is 0 Å². The maximum Gasteiger partial charge on any atom is 0.296 e. The van der Waals surface area contributed by atoms with Crippen molar-refractivity contribution in [3.8, 4) is 5.75 Å². The molecule has 1 aromatic carbocycles. The molecule has 0 spiro atoms. The van der Waals surface area contributed by atoms with Gasteiger partial charge >= 0.3 is 0 Å². The summed E-state index contributed by atoms with van der Waals surface area (Å²) >= 11 is 0. The minimum atomic E-state index is -0.491. The number of ether oxygens (including phenoxy) is 1. The molecule has 2 N–H and O–H groups in total. The number of rotatable bonds is 4. The van der Waals surface area contributed by atoms with Gasteiger partial charge in [-0.05, 0) is 24.1 Å². The highest BCUT2D eigenvalue weighted by atomic mass is 19.1. The molecule has 0 atom stereocenters. The first kappa shape index (κ1) is 17.2. The van der Waals surface area contributed by atoms with Crippen LogP contribution in [0.4, 0.5) is 4.39 Å². The smallest absolute Gasteiger partial charge is 0.296 e. The molecule has 1 aromatic heterocycles. The monoisotopic (exact) mass is 345 g/mol. The van der Waals surface area contributed by atoms with Gasteiger partial charge in [-0.2, -0.15) is 0 Å². The average molecular weight is 345 g/mol. The Hall–Kier alpha value is -2.67. The van der Waals surface area contributed by atoms with Gasteiger partial charge in [-0.1, -0.05) is 18.7 Å². The lowest BCUT2D eigenvalue weighted by Crippen LogP contribution is -2.30. The van der Waals surface area contributed by atoms with Gasteiger partial charge in [0.1, 0.15) is 17.3 Å². The molecule has 0 amide bonds. The molecular formula is C18H20FN3O3. The third-order valence-electron chi connectivity index (χ3n) is 4.08. The van der Waals surface area contributed by atoms with Crippen molar-refractivity contribution in [2.24, 2.45) is 0 Å². The molecular weight excluding hydrogens is 325 g/mol. The zero-order chi connectivity index (χ0) is 17.8. The Kier molecular flexibility index (Phi) is 5.14. The number of nitrogens with one attached hydrogen (secondary N) is 1. The Morgan fingerprint density at radius 3 is 2.88 bits per heavy atom. The van der Waals surface area contributed by atoms with Gasteiger partial charge in [0.15, 0.2) is 0 Å². The Morgan fingerprint density at radius 2 is 2.12 bits per heavy atom. The number of aromatic nitrogens is 2. The molecule has 0 unspecified atom stereocenters. The minimum absolute atomic E-state index is 0.153. The van der Waals surface area contributed by atoms with Crippen LogP contribution < -0.4 is 10.9 Å². The van der Waals surface area contributed by atoms with Gasteiger partial charge in [-0.3, -0.25) is 9.36 Å². The summed E-state index contributed by atoms with van der Waals surface area (Å²) in [6, 6.07) is 6.04. The molecule has 0 saturated carbocycles. The molecule has 25 heavy (non-hydrogen) atoms. The van der Waals surface area contributed by atoms with Crippen LogP contribution in [0.1, 0.15) is 23.5 Å². The Bertz CT molecular complexity index is 831. The summed E-state index contributed by atoms with van der Waals surface area (Å²) < 4.78 is 19.8. The summed E-state index contributed by atoms with van der Waals surface area (Å²) in [5, 5.41) is 13.3. The largest absolute Gasteiger partial charge is 0.501 e. The second-order valence-electron chi connectivity index (χ2n) is 5.86. The van der Waals surface area contributed by atoms with Gasteiger partial charge in [0.05, 0.1) is 18.8 Å². The van der Waals surface area contributed by atoms with Crippen LogP contribution in [0.15, 0.2) is 35.6 Å². The fourth-order valence-electron chi connectivity index (χ4n) is 2.71. The Morgan fingerprint density at radius 1 is 1.36 bits per heavy atom. The SMILES string of the molecule is C=C(NCc1ccc(F)cc1)c1nc2n(c(=O)c1O)CCOCCC2. The summed E-state index contributed by atoms with van der Waals surface area (Å²) in [4.78, 5) is 16.9. The lowest BCUT2D eigenvalue weighted by molar-refractivity contribution is 0.114. The molecule has 2 aromatic rings. The lowest BCUT2D eigenvalue weighted by Gasteiger charge is -2.18. The quantitative estimate of drug-likeness (QED) is 0.884. The van der Waals surface area contributed by atoms with Crippen molar-refractivity contribution in [1.29, 1.82) is 0 Å². The fraction of sp³-hybridized carbons (Fsp3) is 0.333. The highest BCUT2D eigenvalue weighted by Crippen LogP contribution is 2.18. The maximum absolute atomic E-state index is 12.9. The third-order valence-corrected chi connectivity index (χ3v) is 4.08. The predicted octanol–water partition coefficient (Wildman–Crippen LogP) is 1.81. The first-order chi connectivity index (χ1) is 12.1. The summed E-state index contributed by atoms with van der Waals surface area (Å²) in [6.45, 7) is 5.65. The number of fused-ring (bicyclic) bond motifs is 1. The van der Waals surface area contributed by atoms with Crippen molar-refractivity contribution < 1.29 is 14.2 Å². The molecule has 6 nitrogen and oxygen atoms in total. The standard InChI is InChI=1S/C18H20FN3O3/c1-12(20-11-13-4-6-14(19)7-5-13)16-17(23)18(24)22-8-10-25-9-2-3-15(22)21-16/h4-7,20,23H,1-3,8-11H2. The van der Waals surface area contributed by atoms with Crippen LogP contribution >= 0.6 is 0 Å². The first-order valence-corrected chi connectivity index (χ1v) is 8.14. The molecule has 7 heteroatoms. The topological polar surface area (TPSA) is 76.4 Å². The first-order valence-electron chi connectivity index (χ1n) is 8.14. The second kappa shape index (κ2) is 7.48. The van der Waals surface area contributed by atoms with Gasteiger partial charge < -0.3 is 15.2 Å². The van der Waals surface area contributed by atoms with E-state index >= 15 is 0 Å². The molecule has 1 aliphatic heterocycles. The van der Waals surface area contributed by atoms with Crippen LogP contribution in [0.2, 0.25) is 0 Å². The van der Waals surface area contributed by atoms with E-state index in [9.17, 15) is 14.3 Å². The number of benzene rings is 1. The third kappa shape index (κ3) is 3.88. The van der Waals surface area contributed by atoms with E-state index in [2.05, 4.69) is 16.9 Å². The zero-order valence-electron chi connectivity index (χ0n) is 13.8. The second-order valence-corrected chi connectivity index (χ2v) is 5.86. The summed E-state index contributed by atoms with van der Waals surface area (Å²) in [7, 11) is 0. The molecule has 3 rings (SSSR count). The van der Waals surface area contributed by atoms with Crippen molar-refractivity contribution in [3.63, 3.8) is 0 Å². The van der Waals surface area contributed by atoms with Crippen molar-refractivity contribution in [2.75, 3.05) is 13.2 Å². The van der Waals surface area contributed by atoms with E-state index in [1.54, 1.807) is 12.1 Å². The van der Waals surface area contributed by atoms with Gasteiger partial charge in [0, 0.05) is 19.6 Å². The molecule has 0 aliphatic carbocycles. The van der Waals surface area contributed by atoms with Gasteiger partial charge in [0.2, 0.25) is 5.75 Å². The fourth-order valence-corrected chi connectivity index (χ4v) is 2.71. The van der Waals surface area contributed by atoms with Crippen molar-refractivity contribution in [2.45, 2.75) is 25.9 Å². The van der Waals surface area contributed by atoms with Crippen LogP contribution in [-0.2, 0) is 24.2 Å². The van der Waals surface area contributed by atoms with Crippen LogP contribution in [-0.4, -0.2) is 27.9 Å². The molecule has 1 aliphatic rings. The number of hydrogen-bond donors (Lipinski definition) is 2. The summed E-state index contributed by atoms with van der Waals surface area (Å²) in [6.07, 6.45) is 1.35. The maximum atomic E-state index is 12.9. The number of aromatic hydroxyl groups is 1. The lowest BCUT2D eigenvalue weighted by atomic mass is 10.2. The highest BCUT2D eigenvalue weighted by molar-refractivity contribution is 5.63. The van der Waals surface area contributed by atoms with Crippen molar-refractivity contribution in [3.05, 3.63) is 64.1 Å². The number of hydrogen-bond acceptors (Lipinski definition) is 5.